The number of rotatable bonds is 17. The summed E-state index contributed by atoms with van der Waals surface area (Å²) in [4.78, 5) is 31.8. The first-order valence-corrected chi connectivity index (χ1v) is 12.7. The number of nitrogen functional groups attached to an aromatic ring is 1. The molecule has 196 valence electrons. The molecule has 0 saturated carbocycles. The minimum absolute atomic E-state index is 0.0264. The molecule has 0 atom stereocenters. The van der Waals surface area contributed by atoms with Crippen molar-refractivity contribution in [2.24, 2.45) is 0 Å². The van der Waals surface area contributed by atoms with Crippen LogP contribution in [-0.4, -0.2) is 64.5 Å². The van der Waals surface area contributed by atoms with Crippen molar-refractivity contribution in [3.8, 4) is 0 Å². The Morgan fingerprint density at radius 3 is 2.53 bits per heavy atom. The lowest BCUT2D eigenvalue weighted by molar-refractivity contribution is -0.138. The number of anilines is 1. The number of unbranched alkanes of at least 4 members (excludes halogenated alkanes) is 2. The predicted octanol–water partition coefficient (Wildman–Crippen LogP) is 3.30. The number of hydrogen-bond donors (Lipinski definition) is 3. The highest BCUT2D eigenvalue weighted by Gasteiger charge is 2.16. The number of carbonyl (C=O) groups is 2. The number of nitrogens with one attached hydrogen (secondary N) is 1. The fourth-order valence-corrected chi connectivity index (χ4v) is 4.03. The van der Waals surface area contributed by atoms with Crippen molar-refractivity contribution in [2.75, 3.05) is 38.7 Å². The Kier molecular flexibility index (Phi) is 10.9. The van der Waals surface area contributed by atoms with Crippen LogP contribution >= 0.6 is 0 Å². The largest absolute Gasteiger partial charge is 0.481 e. The number of benzene rings is 1. The highest BCUT2D eigenvalue weighted by atomic mass is 16.5. The maximum atomic E-state index is 12.1. The van der Waals surface area contributed by atoms with Gasteiger partial charge in [-0.1, -0.05) is 31.5 Å². The van der Waals surface area contributed by atoms with E-state index in [2.05, 4.69) is 27.9 Å². The normalized spacial score (nSPS) is 11.4. The summed E-state index contributed by atoms with van der Waals surface area (Å²) in [5, 5.41) is 12.5. The molecular formula is C26H37N5O5. The SMILES string of the molecule is CCCCc1nc2c(N)nc3ccccc3c2n1CCCCNC(=O)CCOCCOCCC(=O)O. The third-order valence-electron chi connectivity index (χ3n) is 5.88. The summed E-state index contributed by atoms with van der Waals surface area (Å²) in [6.45, 7) is 4.67. The highest BCUT2D eigenvalue weighted by Crippen LogP contribution is 2.29. The average molecular weight is 500 g/mol. The zero-order chi connectivity index (χ0) is 25.8. The molecule has 0 bridgehead atoms. The first-order valence-electron chi connectivity index (χ1n) is 12.7. The summed E-state index contributed by atoms with van der Waals surface area (Å²) in [6.07, 6.45) is 5.02. The van der Waals surface area contributed by atoms with Gasteiger partial charge in [0.05, 0.1) is 43.9 Å². The van der Waals surface area contributed by atoms with Gasteiger partial charge in [-0.05, 0) is 25.3 Å². The van der Waals surface area contributed by atoms with Crippen LogP contribution in [0.25, 0.3) is 21.9 Å². The van der Waals surface area contributed by atoms with E-state index in [0.717, 1.165) is 66.4 Å². The van der Waals surface area contributed by atoms with E-state index in [9.17, 15) is 9.59 Å². The van der Waals surface area contributed by atoms with Crippen LogP contribution < -0.4 is 11.1 Å². The van der Waals surface area contributed by atoms with Crippen LogP contribution in [-0.2, 0) is 32.0 Å². The third kappa shape index (κ3) is 7.89. The molecule has 0 aliphatic heterocycles. The van der Waals surface area contributed by atoms with E-state index in [-0.39, 0.29) is 25.4 Å². The number of carboxylic acids is 1. The quantitative estimate of drug-likeness (QED) is 0.240. The molecule has 2 heterocycles. The van der Waals surface area contributed by atoms with Gasteiger partial charge >= 0.3 is 5.97 Å². The van der Waals surface area contributed by atoms with Crippen LogP contribution in [0.2, 0.25) is 0 Å². The van der Waals surface area contributed by atoms with Gasteiger partial charge in [0.15, 0.2) is 5.82 Å². The van der Waals surface area contributed by atoms with E-state index < -0.39 is 5.97 Å². The molecule has 36 heavy (non-hydrogen) atoms. The molecule has 0 saturated heterocycles. The molecule has 0 aliphatic rings. The second-order valence-electron chi connectivity index (χ2n) is 8.67. The van der Waals surface area contributed by atoms with Crippen LogP contribution in [0.4, 0.5) is 5.82 Å². The topological polar surface area (TPSA) is 142 Å². The Morgan fingerprint density at radius 2 is 1.78 bits per heavy atom. The van der Waals surface area contributed by atoms with Crippen molar-refractivity contribution in [1.82, 2.24) is 19.9 Å². The van der Waals surface area contributed by atoms with Crippen LogP contribution in [0.3, 0.4) is 0 Å². The van der Waals surface area contributed by atoms with E-state index in [4.69, 9.17) is 25.3 Å². The molecule has 1 amide bonds. The molecular weight excluding hydrogens is 462 g/mol. The number of ether oxygens (including phenoxy) is 2. The molecule has 0 fully saturated rings. The molecule has 0 spiro atoms. The van der Waals surface area contributed by atoms with Gasteiger partial charge in [0.25, 0.3) is 0 Å². The van der Waals surface area contributed by atoms with E-state index in [1.807, 2.05) is 18.2 Å². The van der Waals surface area contributed by atoms with Gasteiger partial charge in [0.2, 0.25) is 5.91 Å². The highest BCUT2D eigenvalue weighted by molar-refractivity contribution is 6.06. The number of carboxylic acid groups (broad SMARTS) is 1. The van der Waals surface area contributed by atoms with Crippen LogP contribution in [0.5, 0.6) is 0 Å². The molecule has 2 aromatic heterocycles. The molecule has 3 aromatic rings. The zero-order valence-electron chi connectivity index (χ0n) is 21.0. The van der Waals surface area contributed by atoms with Gasteiger partial charge in [-0.15, -0.1) is 0 Å². The molecule has 10 heteroatoms. The van der Waals surface area contributed by atoms with Gasteiger partial charge in [-0.3, -0.25) is 9.59 Å². The molecule has 0 aliphatic carbocycles. The number of nitrogens with two attached hydrogens (primary N) is 1. The summed E-state index contributed by atoms with van der Waals surface area (Å²) in [7, 11) is 0. The lowest BCUT2D eigenvalue weighted by Gasteiger charge is -2.11. The lowest BCUT2D eigenvalue weighted by atomic mass is 10.2. The van der Waals surface area contributed by atoms with Crippen molar-refractivity contribution in [3.05, 3.63) is 30.1 Å². The summed E-state index contributed by atoms with van der Waals surface area (Å²) in [5.74, 6) is 0.549. The number of para-hydroxylation sites is 1. The monoisotopic (exact) mass is 499 g/mol. The molecule has 1 aromatic carbocycles. The minimum atomic E-state index is -0.890. The van der Waals surface area contributed by atoms with Gasteiger partial charge in [-0.2, -0.15) is 0 Å². The standard InChI is InChI=1S/C26H37N5O5/c1-2-3-10-21-30-24-25(19-8-4-5-9-20(19)29-26(24)27)31(21)14-7-6-13-28-22(32)11-15-35-17-18-36-16-12-23(33)34/h4-5,8-9H,2-3,6-7,10-18H2,1H3,(H2,27,29)(H,28,32)(H,33,34). The van der Waals surface area contributed by atoms with E-state index >= 15 is 0 Å². The Hall–Kier alpha value is -3.24. The van der Waals surface area contributed by atoms with Crippen molar-refractivity contribution < 1.29 is 24.2 Å². The maximum Gasteiger partial charge on any atom is 0.305 e. The number of fused-ring (bicyclic) bond motifs is 3. The first-order chi connectivity index (χ1) is 17.5. The lowest BCUT2D eigenvalue weighted by Crippen LogP contribution is -2.26. The van der Waals surface area contributed by atoms with Crippen LogP contribution in [0.15, 0.2) is 24.3 Å². The number of hydrogen-bond acceptors (Lipinski definition) is 7. The number of aliphatic carboxylic acids is 1. The van der Waals surface area contributed by atoms with Gasteiger partial charge in [0, 0.05) is 31.3 Å². The van der Waals surface area contributed by atoms with Gasteiger partial charge in [-0.25, -0.2) is 9.97 Å². The molecule has 10 nitrogen and oxygen atoms in total. The number of imidazole rings is 1. The summed E-state index contributed by atoms with van der Waals surface area (Å²) in [5.41, 5.74) is 8.93. The van der Waals surface area contributed by atoms with E-state index in [0.29, 0.717) is 32.2 Å². The van der Waals surface area contributed by atoms with Gasteiger partial charge in [0.1, 0.15) is 11.3 Å². The van der Waals surface area contributed by atoms with E-state index in [1.165, 1.54) is 0 Å². The number of aromatic nitrogens is 3. The van der Waals surface area contributed by atoms with Crippen molar-refractivity contribution >= 4 is 39.6 Å². The minimum Gasteiger partial charge on any atom is -0.481 e. The number of pyridine rings is 1. The average Bonchev–Trinajstić information content (AvgIpc) is 3.23. The number of nitrogens with zero attached hydrogens (tertiary/aromatic N) is 3. The molecule has 0 unspecified atom stereocenters. The summed E-state index contributed by atoms with van der Waals surface area (Å²) < 4.78 is 12.8. The van der Waals surface area contributed by atoms with Crippen molar-refractivity contribution in [2.45, 2.75) is 58.4 Å². The van der Waals surface area contributed by atoms with Crippen LogP contribution in [0, 0.1) is 0 Å². The number of carbonyl (C=O) groups excluding carboxylic acids is 1. The van der Waals surface area contributed by atoms with Crippen LogP contribution in [0.1, 0.15) is 51.3 Å². The first kappa shape index (κ1) is 27.3. The smallest absolute Gasteiger partial charge is 0.305 e. The van der Waals surface area contributed by atoms with Crippen molar-refractivity contribution in [1.29, 1.82) is 0 Å². The Morgan fingerprint density at radius 1 is 1.03 bits per heavy atom. The Bertz CT molecular complexity index is 1150. The molecule has 3 rings (SSSR count). The number of aryl methyl sites for hydroxylation is 2. The maximum absolute atomic E-state index is 12.1. The second-order valence-corrected chi connectivity index (χ2v) is 8.67. The molecule has 0 radical (unpaired) electrons. The third-order valence-corrected chi connectivity index (χ3v) is 5.88. The number of amides is 1. The Balaban J connectivity index is 1.45. The Labute approximate surface area is 211 Å². The fraction of sp³-hybridized carbons (Fsp3) is 0.538. The predicted molar refractivity (Wildman–Crippen MR) is 139 cm³/mol. The molecule has 4 N–H and O–H groups in total. The second kappa shape index (κ2) is 14.4. The fourth-order valence-electron chi connectivity index (χ4n) is 4.03. The summed E-state index contributed by atoms with van der Waals surface area (Å²) >= 11 is 0. The van der Waals surface area contributed by atoms with Crippen molar-refractivity contribution in [3.63, 3.8) is 0 Å². The zero-order valence-corrected chi connectivity index (χ0v) is 21.0. The van der Waals surface area contributed by atoms with Gasteiger partial charge < -0.3 is 30.2 Å². The van der Waals surface area contributed by atoms with E-state index in [1.54, 1.807) is 0 Å². The summed E-state index contributed by atoms with van der Waals surface area (Å²) in [6, 6.07) is 8.01.